The van der Waals surface area contributed by atoms with E-state index in [1.54, 1.807) is 0 Å². The molecular formula is C16H31ClN2. The third-order valence-electron chi connectivity index (χ3n) is 4.82. The first-order valence-corrected chi connectivity index (χ1v) is 8.96. The van der Waals surface area contributed by atoms with Gasteiger partial charge in [0.15, 0.2) is 0 Å². The summed E-state index contributed by atoms with van der Waals surface area (Å²) in [6, 6.07) is 0.896. The summed E-state index contributed by atoms with van der Waals surface area (Å²) in [6.07, 6.45) is 12.4. The molecule has 0 aliphatic carbocycles. The Labute approximate surface area is 124 Å². The average molecular weight is 287 g/mol. The molecule has 2 heterocycles. The minimum Gasteiger partial charge on any atom is -0.303 e. The maximum atomic E-state index is 5.70. The molecule has 112 valence electrons. The largest absolute Gasteiger partial charge is 0.303 e. The van der Waals surface area contributed by atoms with Crippen LogP contribution in [-0.2, 0) is 0 Å². The van der Waals surface area contributed by atoms with Gasteiger partial charge in [0.25, 0.3) is 0 Å². The number of rotatable bonds is 7. The molecule has 0 bridgehead atoms. The van der Waals surface area contributed by atoms with Crippen LogP contribution in [0.3, 0.4) is 0 Å². The van der Waals surface area contributed by atoms with Gasteiger partial charge in [0.2, 0.25) is 0 Å². The molecule has 0 aromatic rings. The van der Waals surface area contributed by atoms with Gasteiger partial charge in [-0.3, -0.25) is 0 Å². The highest BCUT2D eigenvalue weighted by Crippen LogP contribution is 2.21. The predicted octanol–water partition coefficient (Wildman–Crippen LogP) is 3.74. The molecule has 0 N–H and O–H groups in total. The van der Waals surface area contributed by atoms with Crippen molar-refractivity contribution < 1.29 is 0 Å². The van der Waals surface area contributed by atoms with E-state index in [0.29, 0.717) is 0 Å². The van der Waals surface area contributed by atoms with Gasteiger partial charge < -0.3 is 9.80 Å². The summed E-state index contributed by atoms with van der Waals surface area (Å²) >= 11 is 5.70. The third kappa shape index (κ3) is 5.61. The maximum Gasteiger partial charge on any atom is 0.0223 e. The lowest BCUT2D eigenvalue weighted by Crippen LogP contribution is -2.46. The highest BCUT2D eigenvalue weighted by atomic mass is 35.5. The highest BCUT2D eigenvalue weighted by Gasteiger charge is 2.24. The van der Waals surface area contributed by atoms with Crippen molar-refractivity contribution in [3.05, 3.63) is 0 Å². The van der Waals surface area contributed by atoms with Crippen LogP contribution in [0.1, 0.15) is 57.8 Å². The average Bonchev–Trinajstić information content (AvgIpc) is 2.49. The minimum atomic E-state index is 0.835. The first-order valence-electron chi connectivity index (χ1n) is 8.42. The molecule has 0 spiro atoms. The Balaban J connectivity index is 1.54. The van der Waals surface area contributed by atoms with Gasteiger partial charge in [-0.1, -0.05) is 19.3 Å². The van der Waals surface area contributed by atoms with E-state index in [1.165, 1.54) is 90.5 Å². The monoisotopic (exact) mass is 286 g/mol. The first kappa shape index (κ1) is 15.6. The highest BCUT2D eigenvalue weighted by molar-refractivity contribution is 6.17. The lowest BCUT2D eigenvalue weighted by atomic mass is 9.99. The van der Waals surface area contributed by atoms with Crippen molar-refractivity contribution in [2.45, 2.75) is 63.8 Å². The Kier molecular flexibility index (Phi) is 7.55. The van der Waals surface area contributed by atoms with Gasteiger partial charge in [-0.2, -0.15) is 0 Å². The van der Waals surface area contributed by atoms with Crippen LogP contribution in [0.25, 0.3) is 0 Å². The van der Waals surface area contributed by atoms with Crippen LogP contribution in [0, 0.1) is 0 Å². The van der Waals surface area contributed by atoms with Crippen LogP contribution in [0.15, 0.2) is 0 Å². The SMILES string of the molecule is ClCCCCCCN1CCC(N2CCCCC2)CC1. The molecule has 0 atom stereocenters. The molecular weight excluding hydrogens is 256 g/mol. The lowest BCUT2D eigenvalue weighted by Gasteiger charge is -2.40. The Morgan fingerprint density at radius 3 is 2.16 bits per heavy atom. The van der Waals surface area contributed by atoms with Crippen molar-refractivity contribution in [2.24, 2.45) is 0 Å². The van der Waals surface area contributed by atoms with E-state index in [2.05, 4.69) is 9.80 Å². The Hall–Kier alpha value is 0.210. The molecule has 2 aliphatic heterocycles. The molecule has 0 radical (unpaired) electrons. The van der Waals surface area contributed by atoms with Crippen LogP contribution < -0.4 is 0 Å². The molecule has 2 aliphatic rings. The van der Waals surface area contributed by atoms with Crippen LogP contribution in [0.5, 0.6) is 0 Å². The second-order valence-electron chi connectivity index (χ2n) is 6.27. The third-order valence-corrected chi connectivity index (χ3v) is 5.09. The fraction of sp³-hybridized carbons (Fsp3) is 1.00. The second-order valence-corrected chi connectivity index (χ2v) is 6.65. The number of nitrogens with zero attached hydrogens (tertiary/aromatic N) is 2. The number of hydrogen-bond donors (Lipinski definition) is 0. The van der Waals surface area contributed by atoms with Gasteiger partial charge in [-0.05, 0) is 71.2 Å². The summed E-state index contributed by atoms with van der Waals surface area (Å²) in [4.78, 5) is 5.45. The van der Waals surface area contributed by atoms with Crippen LogP contribution in [0.4, 0.5) is 0 Å². The molecule has 2 fully saturated rings. The van der Waals surface area contributed by atoms with Gasteiger partial charge in [-0.25, -0.2) is 0 Å². The predicted molar refractivity (Wildman–Crippen MR) is 84.1 cm³/mol. The number of piperidine rings is 2. The van der Waals surface area contributed by atoms with E-state index in [-0.39, 0.29) is 0 Å². The summed E-state index contributed by atoms with van der Waals surface area (Å²) in [5.74, 6) is 0.835. The molecule has 0 aromatic carbocycles. The summed E-state index contributed by atoms with van der Waals surface area (Å²) in [5, 5.41) is 0. The Bertz CT molecular complexity index is 221. The number of alkyl halides is 1. The quantitative estimate of drug-likeness (QED) is 0.520. The van der Waals surface area contributed by atoms with Crippen molar-refractivity contribution in [1.29, 1.82) is 0 Å². The maximum absolute atomic E-state index is 5.70. The standard InChI is InChI=1S/C16H31ClN2/c17-10-4-1-2-5-11-18-14-8-16(9-15-18)19-12-6-3-7-13-19/h16H,1-15H2. The lowest BCUT2D eigenvalue weighted by molar-refractivity contribution is 0.0918. The van der Waals surface area contributed by atoms with E-state index in [1.807, 2.05) is 0 Å². The zero-order valence-electron chi connectivity index (χ0n) is 12.5. The molecule has 0 amide bonds. The van der Waals surface area contributed by atoms with Crippen LogP contribution in [0.2, 0.25) is 0 Å². The van der Waals surface area contributed by atoms with Gasteiger partial charge in [0, 0.05) is 11.9 Å². The molecule has 19 heavy (non-hydrogen) atoms. The molecule has 0 aromatic heterocycles. The van der Waals surface area contributed by atoms with Crippen molar-refractivity contribution in [1.82, 2.24) is 9.80 Å². The van der Waals surface area contributed by atoms with Gasteiger partial charge in [-0.15, -0.1) is 11.6 Å². The van der Waals surface area contributed by atoms with Crippen molar-refractivity contribution in [2.75, 3.05) is 38.6 Å². The number of hydrogen-bond acceptors (Lipinski definition) is 2. The van der Waals surface area contributed by atoms with E-state index in [0.717, 1.165) is 11.9 Å². The fourth-order valence-electron chi connectivity index (χ4n) is 3.58. The molecule has 2 nitrogen and oxygen atoms in total. The summed E-state index contributed by atoms with van der Waals surface area (Å²) in [7, 11) is 0. The zero-order valence-corrected chi connectivity index (χ0v) is 13.2. The van der Waals surface area contributed by atoms with Gasteiger partial charge in [0.1, 0.15) is 0 Å². The van der Waals surface area contributed by atoms with Crippen molar-refractivity contribution in [3.63, 3.8) is 0 Å². The number of likely N-dealkylation sites (tertiary alicyclic amines) is 2. The smallest absolute Gasteiger partial charge is 0.0223 e. The summed E-state index contributed by atoms with van der Waals surface area (Å²) in [5.41, 5.74) is 0. The molecule has 0 unspecified atom stereocenters. The van der Waals surface area contributed by atoms with E-state index in [9.17, 15) is 0 Å². The fourth-order valence-corrected chi connectivity index (χ4v) is 3.76. The van der Waals surface area contributed by atoms with Crippen molar-refractivity contribution >= 4 is 11.6 Å². The normalized spacial score (nSPS) is 23.8. The minimum absolute atomic E-state index is 0.835. The summed E-state index contributed by atoms with van der Waals surface area (Å²) in [6.45, 7) is 6.70. The summed E-state index contributed by atoms with van der Waals surface area (Å²) < 4.78 is 0. The topological polar surface area (TPSA) is 6.48 Å². The number of unbranched alkanes of at least 4 members (excludes halogenated alkanes) is 3. The van der Waals surface area contributed by atoms with Gasteiger partial charge >= 0.3 is 0 Å². The Morgan fingerprint density at radius 2 is 1.47 bits per heavy atom. The van der Waals surface area contributed by atoms with E-state index < -0.39 is 0 Å². The van der Waals surface area contributed by atoms with Crippen LogP contribution >= 0.6 is 11.6 Å². The first-order chi connectivity index (χ1) is 9.40. The van der Waals surface area contributed by atoms with Gasteiger partial charge in [0.05, 0.1) is 0 Å². The zero-order chi connectivity index (χ0) is 13.3. The second kappa shape index (κ2) is 9.20. The molecule has 0 saturated carbocycles. The molecule has 2 saturated heterocycles. The number of halogens is 1. The van der Waals surface area contributed by atoms with E-state index in [4.69, 9.17) is 11.6 Å². The van der Waals surface area contributed by atoms with Crippen molar-refractivity contribution in [3.8, 4) is 0 Å². The molecule has 3 heteroatoms. The van der Waals surface area contributed by atoms with Crippen LogP contribution in [-0.4, -0.2) is 54.4 Å². The van der Waals surface area contributed by atoms with E-state index >= 15 is 0 Å². The molecule has 2 rings (SSSR count). The Morgan fingerprint density at radius 1 is 0.789 bits per heavy atom.